The third-order valence-electron chi connectivity index (χ3n) is 4.91. The summed E-state index contributed by atoms with van der Waals surface area (Å²) >= 11 is 1.34. The van der Waals surface area contributed by atoms with E-state index >= 15 is 0 Å². The maximum Gasteiger partial charge on any atom is 0.321 e. The largest absolute Gasteiger partial charge is 0.379 e. The van der Waals surface area contributed by atoms with Crippen LogP contribution in [-0.2, 0) is 16.0 Å². The maximum absolute atomic E-state index is 12.1. The number of thiazole rings is 1. The summed E-state index contributed by atoms with van der Waals surface area (Å²) in [6, 6.07) is 0.0492. The molecule has 3 N–H and O–H groups in total. The van der Waals surface area contributed by atoms with Gasteiger partial charge in [0.1, 0.15) is 0 Å². The monoisotopic (exact) mass is 395 g/mol. The number of carbonyl (C=O) groups is 2. The van der Waals surface area contributed by atoms with Gasteiger partial charge in [-0.1, -0.05) is 19.3 Å². The van der Waals surface area contributed by atoms with Crippen molar-refractivity contribution in [2.45, 2.75) is 44.6 Å². The van der Waals surface area contributed by atoms with Crippen LogP contribution in [0, 0.1) is 0 Å². The number of amides is 3. The molecule has 1 aromatic heterocycles. The van der Waals surface area contributed by atoms with Gasteiger partial charge in [-0.2, -0.15) is 0 Å². The average Bonchev–Trinajstić information content (AvgIpc) is 3.10. The fourth-order valence-electron chi connectivity index (χ4n) is 3.42. The minimum absolute atomic E-state index is 0.0493. The summed E-state index contributed by atoms with van der Waals surface area (Å²) in [4.78, 5) is 30.7. The first kappa shape index (κ1) is 20.0. The lowest BCUT2D eigenvalue weighted by atomic mass is 9.96. The molecule has 27 heavy (non-hydrogen) atoms. The second-order valence-electron chi connectivity index (χ2n) is 7.06. The molecule has 1 aromatic rings. The minimum Gasteiger partial charge on any atom is -0.379 e. The number of hydrogen-bond donors (Lipinski definition) is 3. The van der Waals surface area contributed by atoms with Gasteiger partial charge in [0.05, 0.1) is 25.3 Å². The number of aromatic nitrogens is 1. The molecule has 1 aliphatic carbocycles. The Morgan fingerprint density at radius 1 is 1.22 bits per heavy atom. The van der Waals surface area contributed by atoms with Crippen LogP contribution in [0.1, 0.15) is 37.8 Å². The van der Waals surface area contributed by atoms with E-state index in [2.05, 4.69) is 25.8 Å². The van der Waals surface area contributed by atoms with Gasteiger partial charge in [-0.05, 0) is 12.8 Å². The standard InChI is InChI=1S/C18H29N5O3S/c24-16(19-6-7-23-8-10-26-11-9-23)12-15-13-27-18(21-15)22-17(25)20-14-4-2-1-3-5-14/h13-14H,1-12H2,(H,19,24)(H2,20,21,22,25). The Hall–Kier alpha value is -1.71. The van der Waals surface area contributed by atoms with Gasteiger partial charge < -0.3 is 15.4 Å². The molecule has 2 heterocycles. The van der Waals surface area contributed by atoms with Gasteiger partial charge in [-0.15, -0.1) is 11.3 Å². The highest BCUT2D eigenvalue weighted by molar-refractivity contribution is 7.13. The second kappa shape index (κ2) is 10.6. The summed E-state index contributed by atoms with van der Waals surface area (Å²) in [6.07, 6.45) is 5.91. The van der Waals surface area contributed by atoms with E-state index in [0.29, 0.717) is 17.4 Å². The van der Waals surface area contributed by atoms with Gasteiger partial charge >= 0.3 is 6.03 Å². The van der Waals surface area contributed by atoms with Crippen molar-refractivity contribution in [1.82, 2.24) is 20.5 Å². The zero-order valence-electron chi connectivity index (χ0n) is 15.7. The fourth-order valence-corrected chi connectivity index (χ4v) is 4.12. The van der Waals surface area contributed by atoms with Crippen LogP contribution < -0.4 is 16.0 Å². The van der Waals surface area contributed by atoms with Gasteiger partial charge in [0.25, 0.3) is 0 Å². The van der Waals surface area contributed by atoms with E-state index in [1.54, 1.807) is 0 Å². The lowest BCUT2D eigenvalue weighted by molar-refractivity contribution is -0.120. The summed E-state index contributed by atoms with van der Waals surface area (Å²) in [5.74, 6) is -0.0493. The van der Waals surface area contributed by atoms with Gasteiger partial charge in [0.2, 0.25) is 5.91 Å². The van der Waals surface area contributed by atoms with E-state index in [4.69, 9.17) is 4.74 Å². The summed E-state index contributed by atoms with van der Waals surface area (Å²) in [5.41, 5.74) is 0.678. The Morgan fingerprint density at radius 3 is 2.78 bits per heavy atom. The lowest BCUT2D eigenvalue weighted by Gasteiger charge is -2.26. The predicted octanol–water partition coefficient (Wildman–Crippen LogP) is 1.59. The van der Waals surface area contributed by atoms with Crippen LogP contribution in [0.3, 0.4) is 0 Å². The van der Waals surface area contributed by atoms with Crippen LogP contribution >= 0.6 is 11.3 Å². The predicted molar refractivity (Wildman–Crippen MR) is 105 cm³/mol. The Morgan fingerprint density at radius 2 is 2.00 bits per heavy atom. The van der Waals surface area contributed by atoms with Crippen molar-refractivity contribution in [3.05, 3.63) is 11.1 Å². The number of ether oxygens (including phenoxy) is 1. The molecule has 9 heteroatoms. The van der Waals surface area contributed by atoms with E-state index < -0.39 is 0 Å². The first-order valence-corrected chi connectivity index (χ1v) is 10.7. The maximum atomic E-state index is 12.1. The third-order valence-corrected chi connectivity index (χ3v) is 5.71. The van der Waals surface area contributed by atoms with Crippen molar-refractivity contribution < 1.29 is 14.3 Å². The summed E-state index contributed by atoms with van der Waals surface area (Å²) in [6.45, 7) is 4.81. The SMILES string of the molecule is O=C(Cc1csc(NC(=O)NC2CCCCC2)n1)NCCN1CCOCC1. The molecule has 2 fully saturated rings. The van der Waals surface area contributed by atoms with Gasteiger partial charge in [0, 0.05) is 37.6 Å². The van der Waals surface area contributed by atoms with Crippen LogP contribution in [0.25, 0.3) is 0 Å². The van der Waals surface area contributed by atoms with Crippen molar-refractivity contribution in [2.75, 3.05) is 44.7 Å². The van der Waals surface area contributed by atoms with Crippen LogP contribution in [-0.4, -0.2) is 67.3 Å². The number of rotatable bonds is 7. The van der Waals surface area contributed by atoms with E-state index in [-0.39, 0.29) is 24.4 Å². The fraction of sp³-hybridized carbons (Fsp3) is 0.722. The quantitative estimate of drug-likeness (QED) is 0.652. The highest BCUT2D eigenvalue weighted by Gasteiger charge is 2.17. The topological polar surface area (TPSA) is 95.6 Å². The lowest BCUT2D eigenvalue weighted by Crippen LogP contribution is -2.41. The molecule has 1 aliphatic heterocycles. The molecule has 0 unspecified atom stereocenters. The second-order valence-corrected chi connectivity index (χ2v) is 7.92. The molecule has 3 rings (SSSR count). The van der Waals surface area contributed by atoms with Crippen molar-refractivity contribution in [2.24, 2.45) is 0 Å². The normalized spacial score (nSPS) is 18.8. The molecule has 150 valence electrons. The van der Waals surface area contributed by atoms with Gasteiger partial charge in [-0.25, -0.2) is 9.78 Å². The number of urea groups is 1. The molecule has 8 nitrogen and oxygen atoms in total. The molecule has 1 saturated heterocycles. The van der Waals surface area contributed by atoms with Crippen molar-refractivity contribution in [3.8, 4) is 0 Å². The van der Waals surface area contributed by atoms with E-state index in [1.807, 2.05) is 5.38 Å². The van der Waals surface area contributed by atoms with Gasteiger partial charge in [0.15, 0.2) is 5.13 Å². The minimum atomic E-state index is -0.210. The average molecular weight is 396 g/mol. The smallest absolute Gasteiger partial charge is 0.321 e. The Bertz CT molecular complexity index is 612. The summed E-state index contributed by atoms with van der Waals surface area (Å²) in [7, 11) is 0. The van der Waals surface area contributed by atoms with Crippen LogP contribution in [0.4, 0.5) is 9.93 Å². The van der Waals surface area contributed by atoms with Gasteiger partial charge in [-0.3, -0.25) is 15.0 Å². The Kier molecular flexibility index (Phi) is 7.85. The van der Waals surface area contributed by atoms with Crippen LogP contribution in [0.2, 0.25) is 0 Å². The highest BCUT2D eigenvalue weighted by atomic mass is 32.1. The Balaban J connectivity index is 1.34. The number of carbonyl (C=O) groups excluding carboxylic acids is 2. The number of anilines is 1. The molecule has 0 bridgehead atoms. The first-order chi connectivity index (χ1) is 13.2. The highest BCUT2D eigenvalue weighted by Crippen LogP contribution is 2.19. The zero-order chi connectivity index (χ0) is 18.9. The van der Waals surface area contributed by atoms with Crippen molar-refractivity contribution in [3.63, 3.8) is 0 Å². The number of morpholine rings is 1. The molecule has 1 saturated carbocycles. The third kappa shape index (κ3) is 7.08. The molecule has 0 atom stereocenters. The van der Waals surface area contributed by atoms with E-state index in [9.17, 15) is 9.59 Å². The number of nitrogens with zero attached hydrogens (tertiary/aromatic N) is 2. The molecule has 2 aliphatic rings. The number of nitrogens with one attached hydrogen (secondary N) is 3. The molecular weight excluding hydrogens is 366 g/mol. The van der Waals surface area contributed by atoms with E-state index in [0.717, 1.165) is 45.7 Å². The van der Waals surface area contributed by atoms with Crippen molar-refractivity contribution >= 4 is 28.4 Å². The van der Waals surface area contributed by atoms with Crippen LogP contribution in [0.5, 0.6) is 0 Å². The number of hydrogen-bond acceptors (Lipinski definition) is 6. The first-order valence-electron chi connectivity index (χ1n) is 9.78. The van der Waals surface area contributed by atoms with E-state index in [1.165, 1.54) is 30.6 Å². The van der Waals surface area contributed by atoms with Crippen LogP contribution in [0.15, 0.2) is 5.38 Å². The summed E-state index contributed by atoms with van der Waals surface area (Å²) in [5, 5.41) is 11.0. The Labute approximate surface area is 164 Å². The molecule has 3 amide bonds. The molecule has 0 radical (unpaired) electrons. The summed E-state index contributed by atoms with van der Waals surface area (Å²) < 4.78 is 5.31. The molecular formula is C18H29N5O3S. The van der Waals surface area contributed by atoms with Crippen molar-refractivity contribution in [1.29, 1.82) is 0 Å². The molecule has 0 aromatic carbocycles. The zero-order valence-corrected chi connectivity index (χ0v) is 16.5. The molecule has 0 spiro atoms.